The van der Waals surface area contributed by atoms with Gasteiger partial charge in [-0.15, -0.1) is 0 Å². The molecule has 7 heteroatoms. The number of non-ortho nitro benzene ring substituents is 1. The zero-order valence-corrected chi connectivity index (χ0v) is 14.2. The molecule has 2 N–H and O–H groups in total. The zero-order chi connectivity index (χ0) is 18.0. The second-order valence-corrected chi connectivity index (χ2v) is 6.42. The van der Waals surface area contributed by atoms with E-state index in [4.69, 9.17) is 0 Å². The van der Waals surface area contributed by atoms with Crippen LogP contribution in [0.15, 0.2) is 47.9 Å². The number of likely N-dealkylation sites (tertiary alicyclic amines) is 1. The number of nitro groups is 1. The quantitative estimate of drug-likeness (QED) is 0.651. The summed E-state index contributed by atoms with van der Waals surface area (Å²) in [6.07, 6.45) is 3.20. The van der Waals surface area contributed by atoms with E-state index in [2.05, 4.69) is 17.2 Å². The molecule has 3 rings (SSSR count). The molecule has 0 aromatic heterocycles. The predicted octanol–water partition coefficient (Wildman–Crippen LogP) is 2.59. The molecule has 0 radical (unpaired) electrons. The van der Waals surface area contributed by atoms with Crippen LogP contribution in [0, 0.1) is 10.1 Å². The van der Waals surface area contributed by atoms with Gasteiger partial charge in [0.2, 0.25) is 0 Å². The van der Waals surface area contributed by atoms with E-state index in [1.807, 2.05) is 11.8 Å². The number of nitrogens with one attached hydrogen (secondary N) is 2. The lowest BCUT2D eigenvalue weighted by atomic mass is 9.93. The highest BCUT2D eigenvalue weighted by atomic mass is 16.6. The van der Waals surface area contributed by atoms with Crippen LogP contribution in [0.3, 0.4) is 0 Å². The van der Waals surface area contributed by atoms with Crippen LogP contribution < -0.4 is 10.6 Å². The summed E-state index contributed by atoms with van der Waals surface area (Å²) in [5.41, 5.74) is 2.24. The Morgan fingerprint density at radius 2 is 1.88 bits per heavy atom. The number of carbonyl (C=O) groups excluding carboxylic acids is 1. The molecular weight excluding hydrogens is 320 g/mol. The lowest BCUT2D eigenvalue weighted by Crippen LogP contribution is -2.44. The Morgan fingerprint density at radius 3 is 2.48 bits per heavy atom. The lowest BCUT2D eigenvalue weighted by Gasteiger charge is -2.35. The monoisotopic (exact) mass is 342 g/mol. The van der Waals surface area contributed by atoms with E-state index in [-0.39, 0.29) is 17.6 Å². The smallest absolute Gasteiger partial charge is 0.269 e. The van der Waals surface area contributed by atoms with Crippen molar-refractivity contribution in [2.45, 2.75) is 32.2 Å². The van der Waals surface area contributed by atoms with Crippen molar-refractivity contribution in [2.24, 2.45) is 0 Å². The first-order chi connectivity index (χ1) is 12.0. The number of hydrogen-bond donors (Lipinski definition) is 2. The minimum atomic E-state index is -0.431. The van der Waals surface area contributed by atoms with Gasteiger partial charge in [-0.05, 0) is 43.9 Å². The van der Waals surface area contributed by atoms with Crippen molar-refractivity contribution in [1.82, 2.24) is 15.5 Å². The Kier molecular flexibility index (Phi) is 4.74. The zero-order valence-electron chi connectivity index (χ0n) is 14.2. The first kappa shape index (κ1) is 17.0. The van der Waals surface area contributed by atoms with Gasteiger partial charge < -0.3 is 15.5 Å². The highest BCUT2D eigenvalue weighted by molar-refractivity contribution is 5.96. The molecule has 7 nitrogen and oxygen atoms in total. The van der Waals surface area contributed by atoms with Gasteiger partial charge in [-0.2, -0.15) is 0 Å². The largest absolute Gasteiger partial charge is 0.361 e. The molecule has 1 atom stereocenters. The third-order valence-electron chi connectivity index (χ3n) is 4.66. The second kappa shape index (κ2) is 6.96. The Bertz CT molecular complexity index is 733. The predicted molar refractivity (Wildman–Crippen MR) is 94.4 cm³/mol. The van der Waals surface area contributed by atoms with Crippen LogP contribution in [0.2, 0.25) is 0 Å². The molecule has 0 saturated carbocycles. The maximum absolute atomic E-state index is 13.1. The summed E-state index contributed by atoms with van der Waals surface area (Å²) in [7, 11) is 0. The number of nitrogens with zero attached hydrogens (tertiary/aromatic N) is 2. The molecule has 1 aromatic carbocycles. The maximum Gasteiger partial charge on any atom is 0.269 e. The molecule has 2 aliphatic rings. The summed E-state index contributed by atoms with van der Waals surface area (Å²) in [6, 6.07) is 5.92. The summed E-state index contributed by atoms with van der Waals surface area (Å²) in [6.45, 7) is 7.30. The Labute approximate surface area is 146 Å². The van der Waals surface area contributed by atoms with E-state index in [1.165, 1.54) is 12.1 Å². The lowest BCUT2D eigenvalue weighted by molar-refractivity contribution is -0.384. The summed E-state index contributed by atoms with van der Waals surface area (Å²) in [4.78, 5) is 25.4. The van der Waals surface area contributed by atoms with Crippen LogP contribution in [-0.4, -0.2) is 28.8 Å². The van der Waals surface area contributed by atoms with E-state index in [0.717, 1.165) is 43.6 Å². The van der Waals surface area contributed by atoms with Gasteiger partial charge in [-0.3, -0.25) is 14.9 Å². The molecule has 0 aliphatic carbocycles. The van der Waals surface area contributed by atoms with Gasteiger partial charge in [-0.25, -0.2) is 0 Å². The Hall–Kier alpha value is -2.83. The molecule has 1 amide bonds. The molecule has 2 heterocycles. The van der Waals surface area contributed by atoms with Crippen molar-refractivity contribution in [3.05, 3.63) is 63.6 Å². The highest BCUT2D eigenvalue weighted by Crippen LogP contribution is 2.31. The number of allylic oxidation sites excluding steroid dienone is 1. The molecule has 1 aromatic rings. The standard InChI is InChI=1S/C18H22N4O3/c1-12-16(18(23)21-10-4-3-5-11-21)17(20-13(2)19-12)14-6-8-15(9-7-14)22(24)25/h6-9,17,19-20H,2-5,10-11H2,1H3. The van der Waals surface area contributed by atoms with Crippen molar-refractivity contribution >= 4 is 11.6 Å². The molecule has 0 bridgehead atoms. The molecule has 132 valence electrons. The number of carbonyl (C=O) groups is 1. The van der Waals surface area contributed by atoms with Gasteiger partial charge in [0.05, 0.1) is 22.4 Å². The fraction of sp³-hybridized carbons (Fsp3) is 0.389. The number of hydrogen-bond acceptors (Lipinski definition) is 5. The summed E-state index contributed by atoms with van der Waals surface area (Å²) < 4.78 is 0. The number of rotatable bonds is 3. The van der Waals surface area contributed by atoms with Crippen molar-refractivity contribution in [2.75, 3.05) is 13.1 Å². The van der Waals surface area contributed by atoms with Gasteiger partial charge in [0.1, 0.15) is 0 Å². The molecule has 1 saturated heterocycles. The SMILES string of the molecule is C=C1NC(C)=C(C(=O)N2CCCCC2)C(c2ccc([N+](=O)[O-])cc2)N1. The van der Waals surface area contributed by atoms with Gasteiger partial charge in [-0.1, -0.05) is 6.58 Å². The third kappa shape index (κ3) is 3.50. The number of nitro benzene ring substituents is 1. The van der Waals surface area contributed by atoms with Crippen molar-refractivity contribution in [3.63, 3.8) is 0 Å². The number of piperidine rings is 1. The fourth-order valence-electron chi connectivity index (χ4n) is 3.38. The second-order valence-electron chi connectivity index (χ2n) is 6.42. The number of amides is 1. The van der Waals surface area contributed by atoms with E-state index in [1.54, 1.807) is 12.1 Å². The van der Waals surface area contributed by atoms with Gasteiger partial charge in [0.15, 0.2) is 0 Å². The van der Waals surface area contributed by atoms with E-state index >= 15 is 0 Å². The van der Waals surface area contributed by atoms with Gasteiger partial charge in [0, 0.05) is 30.9 Å². The van der Waals surface area contributed by atoms with E-state index in [0.29, 0.717) is 11.4 Å². The van der Waals surface area contributed by atoms with E-state index in [9.17, 15) is 14.9 Å². The minimum absolute atomic E-state index is 0.00746. The van der Waals surface area contributed by atoms with E-state index < -0.39 is 4.92 Å². The first-order valence-electron chi connectivity index (χ1n) is 8.44. The van der Waals surface area contributed by atoms with Crippen LogP contribution in [0.1, 0.15) is 37.8 Å². The van der Waals surface area contributed by atoms with Crippen LogP contribution in [0.5, 0.6) is 0 Å². The topological polar surface area (TPSA) is 87.5 Å². The minimum Gasteiger partial charge on any atom is -0.361 e. The molecule has 1 fully saturated rings. The van der Waals surface area contributed by atoms with Crippen LogP contribution in [0.25, 0.3) is 0 Å². The van der Waals surface area contributed by atoms with Gasteiger partial charge >= 0.3 is 0 Å². The molecular formula is C18H22N4O3. The molecule has 0 spiro atoms. The third-order valence-corrected chi connectivity index (χ3v) is 4.66. The normalized spacial score (nSPS) is 20.8. The molecule has 1 unspecified atom stereocenters. The van der Waals surface area contributed by atoms with Gasteiger partial charge in [0.25, 0.3) is 11.6 Å². The fourth-order valence-corrected chi connectivity index (χ4v) is 3.38. The van der Waals surface area contributed by atoms with Crippen molar-refractivity contribution in [1.29, 1.82) is 0 Å². The average Bonchev–Trinajstić information content (AvgIpc) is 2.61. The molecule has 25 heavy (non-hydrogen) atoms. The summed E-state index contributed by atoms with van der Waals surface area (Å²) in [5.74, 6) is 0.615. The Morgan fingerprint density at radius 1 is 1.24 bits per heavy atom. The maximum atomic E-state index is 13.1. The van der Waals surface area contributed by atoms with Crippen LogP contribution in [-0.2, 0) is 4.79 Å². The Balaban J connectivity index is 1.94. The van der Waals surface area contributed by atoms with Crippen LogP contribution in [0.4, 0.5) is 5.69 Å². The number of benzene rings is 1. The molecule has 2 aliphatic heterocycles. The summed E-state index contributed by atoms with van der Waals surface area (Å²) >= 11 is 0. The summed E-state index contributed by atoms with van der Waals surface area (Å²) in [5, 5.41) is 17.2. The first-order valence-corrected chi connectivity index (χ1v) is 8.44. The van der Waals surface area contributed by atoms with Crippen molar-refractivity contribution < 1.29 is 9.72 Å². The highest BCUT2D eigenvalue weighted by Gasteiger charge is 2.32. The van der Waals surface area contributed by atoms with Crippen LogP contribution >= 0.6 is 0 Å². The van der Waals surface area contributed by atoms with Crippen molar-refractivity contribution in [3.8, 4) is 0 Å². The average molecular weight is 342 g/mol.